The van der Waals surface area contributed by atoms with Crippen LogP contribution in [0, 0.1) is 5.82 Å². The lowest BCUT2D eigenvalue weighted by molar-refractivity contribution is -0.118. The molecule has 0 aliphatic carbocycles. The molecule has 1 heterocycles. The van der Waals surface area contributed by atoms with Gasteiger partial charge >= 0.3 is 6.03 Å². The predicted molar refractivity (Wildman–Crippen MR) is 105 cm³/mol. The van der Waals surface area contributed by atoms with Crippen molar-refractivity contribution in [1.29, 1.82) is 0 Å². The van der Waals surface area contributed by atoms with Crippen LogP contribution in [0.3, 0.4) is 0 Å². The second-order valence-corrected chi connectivity index (χ2v) is 6.46. The number of aromatic amines is 1. The maximum absolute atomic E-state index is 12.9. The molecule has 0 aliphatic heterocycles. The first-order chi connectivity index (χ1) is 13.5. The fourth-order valence-corrected chi connectivity index (χ4v) is 2.80. The van der Waals surface area contributed by atoms with Crippen LogP contribution in [0.4, 0.5) is 14.9 Å². The Hall–Kier alpha value is -3.42. The maximum Gasteiger partial charge on any atom is 0.315 e. The van der Waals surface area contributed by atoms with E-state index in [1.807, 2.05) is 13.0 Å². The van der Waals surface area contributed by atoms with Gasteiger partial charge in [-0.1, -0.05) is 25.5 Å². The number of benzene rings is 2. The number of rotatable bonds is 7. The van der Waals surface area contributed by atoms with Crippen molar-refractivity contribution >= 4 is 28.5 Å². The molecule has 3 amide bonds. The van der Waals surface area contributed by atoms with Crippen LogP contribution in [-0.4, -0.2) is 28.2 Å². The van der Waals surface area contributed by atoms with Crippen LogP contribution in [0.15, 0.2) is 48.7 Å². The van der Waals surface area contributed by atoms with Gasteiger partial charge in [-0.15, -0.1) is 0 Å². The smallest absolute Gasteiger partial charge is 0.315 e. The Kier molecular flexibility index (Phi) is 6.21. The molecule has 0 saturated heterocycles. The summed E-state index contributed by atoms with van der Waals surface area (Å²) in [6.45, 7) is 2.18. The van der Waals surface area contributed by atoms with E-state index < -0.39 is 12.1 Å². The van der Waals surface area contributed by atoms with Crippen molar-refractivity contribution in [3.8, 4) is 0 Å². The van der Waals surface area contributed by atoms with Crippen molar-refractivity contribution < 1.29 is 14.0 Å². The highest BCUT2D eigenvalue weighted by atomic mass is 19.1. The van der Waals surface area contributed by atoms with Crippen LogP contribution in [0.25, 0.3) is 10.9 Å². The van der Waals surface area contributed by atoms with Crippen molar-refractivity contribution in [3.63, 3.8) is 0 Å². The van der Waals surface area contributed by atoms with E-state index in [0.717, 1.165) is 22.9 Å². The molecule has 0 unspecified atom stereocenters. The monoisotopic (exact) mass is 383 g/mol. The third kappa shape index (κ3) is 5.06. The Bertz CT molecular complexity index is 955. The molecule has 0 radical (unpaired) electrons. The summed E-state index contributed by atoms with van der Waals surface area (Å²) in [6.07, 6.45) is 2.94. The Balaban J connectivity index is 1.57. The van der Waals surface area contributed by atoms with E-state index in [-0.39, 0.29) is 18.3 Å². The molecule has 1 aromatic heterocycles. The minimum absolute atomic E-state index is 0.239. The summed E-state index contributed by atoms with van der Waals surface area (Å²) in [5.41, 5.74) is 2.20. The third-order valence-corrected chi connectivity index (χ3v) is 4.27. The first-order valence-electron chi connectivity index (χ1n) is 9.08. The number of nitrogens with one attached hydrogen (secondary N) is 4. The van der Waals surface area contributed by atoms with Gasteiger partial charge in [0.15, 0.2) is 0 Å². The number of hydrogen-bond donors (Lipinski definition) is 4. The van der Waals surface area contributed by atoms with E-state index in [1.165, 1.54) is 12.1 Å². The summed E-state index contributed by atoms with van der Waals surface area (Å²) in [5.74, 6) is -0.626. The number of hydrogen-bond acceptors (Lipinski definition) is 3. The normalized spacial score (nSPS) is 11.8. The third-order valence-electron chi connectivity index (χ3n) is 4.27. The molecule has 1 atom stereocenters. The van der Waals surface area contributed by atoms with Gasteiger partial charge in [0.25, 0.3) is 0 Å². The van der Waals surface area contributed by atoms with Gasteiger partial charge in [-0.3, -0.25) is 9.89 Å². The topological polar surface area (TPSA) is 98.9 Å². The molecule has 0 saturated carbocycles. The van der Waals surface area contributed by atoms with Crippen molar-refractivity contribution in [2.24, 2.45) is 0 Å². The molecule has 0 fully saturated rings. The van der Waals surface area contributed by atoms with Gasteiger partial charge in [0.1, 0.15) is 11.9 Å². The zero-order valence-corrected chi connectivity index (χ0v) is 15.5. The first kappa shape index (κ1) is 19.3. The van der Waals surface area contributed by atoms with Crippen LogP contribution in [0.1, 0.15) is 25.3 Å². The van der Waals surface area contributed by atoms with E-state index in [4.69, 9.17) is 0 Å². The van der Waals surface area contributed by atoms with Crippen LogP contribution >= 0.6 is 0 Å². The highest BCUT2D eigenvalue weighted by molar-refractivity contribution is 5.98. The highest BCUT2D eigenvalue weighted by Crippen LogP contribution is 2.17. The van der Waals surface area contributed by atoms with E-state index >= 15 is 0 Å². The Morgan fingerprint density at radius 3 is 2.71 bits per heavy atom. The Morgan fingerprint density at radius 2 is 1.96 bits per heavy atom. The van der Waals surface area contributed by atoms with Crippen LogP contribution in [0.2, 0.25) is 0 Å². The summed E-state index contributed by atoms with van der Waals surface area (Å²) in [4.78, 5) is 24.8. The van der Waals surface area contributed by atoms with Gasteiger partial charge < -0.3 is 16.0 Å². The number of aromatic nitrogens is 2. The minimum Gasteiger partial charge on any atom is -0.334 e. The molecule has 146 valence electrons. The van der Waals surface area contributed by atoms with Crippen LogP contribution < -0.4 is 16.0 Å². The van der Waals surface area contributed by atoms with Gasteiger partial charge in [0, 0.05) is 17.6 Å². The van der Waals surface area contributed by atoms with Gasteiger partial charge in [-0.05, 0) is 42.3 Å². The van der Waals surface area contributed by atoms with Gasteiger partial charge in [-0.2, -0.15) is 5.10 Å². The summed E-state index contributed by atoms with van der Waals surface area (Å²) in [6, 6.07) is 10.2. The average Bonchev–Trinajstić information content (AvgIpc) is 3.15. The molecule has 0 bridgehead atoms. The van der Waals surface area contributed by atoms with E-state index in [0.29, 0.717) is 12.1 Å². The SMILES string of the molecule is CCC[C@@H](NC(=O)NCc1ccc(F)cc1)C(=O)Nc1ccc2cn[nH]c2c1. The van der Waals surface area contributed by atoms with Crippen molar-refractivity contribution in [1.82, 2.24) is 20.8 Å². The molecule has 8 heteroatoms. The quantitative estimate of drug-likeness (QED) is 0.504. The minimum atomic E-state index is -0.671. The molecular formula is C20H22FN5O2. The number of carbonyl (C=O) groups is 2. The number of carbonyl (C=O) groups excluding carboxylic acids is 2. The molecule has 3 rings (SSSR count). The zero-order chi connectivity index (χ0) is 19.9. The summed E-state index contributed by atoms with van der Waals surface area (Å²) in [5, 5.41) is 15.9. The van der Waals surface area contributed by atoms with E-state index in [1.54, 1.807) is 30.5 Å². The summed E-state index contributed by atoms with van der Waals surface area (Å²) >= 11 is 0. The number of amides is 3. The Labute approximate surface area is 161 Å². The van der Waals surface area contributed by atoms with E-state index in [2.05, 4.69) is 26.1 Å². The maximum atomic E-state index is 12.9. The molecule has 3 aromatic rings. The molecule has 28 heavy (non-hydrogen) atoms. The molecule has 0 spiro atoms. The van der Waals surface area contributed by atoms with Gasteiger partial charge in [0.2, 0.25) is 5.91 Å². The number of nitrogens with zero attached hydrogens (tertiary/aromatic N) is 1. The lowest BCUT2D eigenvalue weighted by Crippen LogP contribution is -2.47. The summed E-state index contributed by atoms with van der Waals surface area (Å²) in [7, 11) is 0. The van der Waals surface area contributed by atoms with Crippen molar-refractivity contribution in [2.45, 2.75) is 32.4 Å². The van der Waals surface area contributed by atoms with Gasteiger partial charge in [-0.25, -0.2) is 9.18 Å². The number of fused-ring (bicyclic) bond motifs is 1. The van der Waals surface area contributed by atoms with Crippen LogP contribution in [-0.2, 0) is 11.3 Å². The molecular weight excluding hydrogens is 361 g/mol. The summed E-state index contributed by atoms with van der Waals surface area (Å²) < 4.78 is 12.9. The lowest BCUT2D eigenvalue weighted by atomic mass is 10.1. The largest absolute Gasteiger partial charge is 0.334 e. The number of urea groups is 1. The predicted octanol–water partition coefficient (Wildman–Crippen LogP) is 3.31. The second kappa shape index (κ2) is 8.98. The standard InChI is InChI=1S/C20H22FN5O2/c1-2-3-17(25-20(28)22-11-13-4-7-15(21)8-5-13)19(27)24-16-9-6-14-12-23-26-18(14)10-16/h4-10,12,17H,2-3,11H2,1H3,(H,23,26)(H,24,27)(H2,22,25,28)/t17-/m1/s1. The van der Waals surface area contributed by atoms with Crippen molar-refractivity contribution in [3.05, 3.63) is 60.0 Å². The Morgan fingerprint density at radius 1 is 1.18 bits per heavy atom. The lowest BCUT2D eigenvalue weighted by Gasteiger charge is -2.18. The zero-order valence-electron chi connectivity index (χ0n) is 15.5. The first-order valence-corrected chi connectivity index (χ1v) is 9.08. The molecule has 7 nitrogen and oxygen atoms in total. The van der Waals surface area contributed by atoms with Crippen LogP contribution in [0.5, 0.6) is 0 Å². The van der Waals surface area contributed by atoms with Crippen molar-refractivity contribution in [2.75, 3.05) is 5.32 Å². The second-order valence-electron chi connectivity index (χ2n) is 6.46. The van der Waals surface area contributed by atoms with E-state index in [9.17, 15) is 14.0 Å². The molecule has 4 N–H and O–H groups in total. The molecule has 2 aromatic carbocycles. The molecule has 0 aliphatic rings. The average molecular weight is 383 g/mol. The highest BCUT2D eigenvalue weighted by Gasteiger charge is 2.20. The number of anilines is 1. The fourth-order valence-electron chi connectivity index (χ4n) is 2.80. The fraction of sp³-hybridized carbons (Fsp3) is 0.250. The number of halogens is 1. The number of H-pyrrole nitrogens is 1. The van der Waals surface area contributed by atoms with Gasteiger partial charge in [0.05, 0.1) is 11.7 Å².